The van der Waals surface area contributed by atoms with E-state index in [1.165, 1.54) is 7.11 Å². The topological polar surface area (TPSA) is 110 Å². The summed E-state index contributed by atoms with van der Waals surface area (Å²) < 4.78 is 10.6. The van der Waals surface area contributed by atoms with Crippen LogP contribution < -0.4 is 20.1 Å². The summed E-state index contributed by atoms with van der Waals surface area (Å²) in [5.41, 5.74) is 6.62. The summed E-state index contributed by atoms with van der Waals surface area (Å²) in [7, 11) is 6.64. The Morgan fingerprint density at radius 1 is 1.21 bits per heavy atom. The minimum atomic E-state index is 0.0439. The second-order valence-corrected chi connectivity index (χ2v) is 4.96. The number of nitrogens with zero attached hydrogens (tertiary/aromatic N) is 5. The first-order valence-electron chi connectivity index (χ1n) is 7.02. The number of aromatic nitrogens is 3. The molecule has 0 atom stereocenters. The summed E-state index contributed by atoms with van der Waals surface area (Å²) in [4.78, 5) is 14.0. The number of benzene rings is 1. The van der Waals surface area contributed by atoms with Crippen molar-refractivity contribution in [3.05, 3.63) is 29.6 Å². The van der Waals surface area contributed by atoms with Gasteiger partial charge in [-0.25, -0.2) is 0 Å². The highest BCUT2D eigenvalue weighted by Crippen LogP contribution is 2.33. The minimum absolute atomic E-state index is 0.0439. The standard InChI is InChI=1S/C16H18N6O2/c1-22(2)16-20-14(19-15(18)21-16)11(9-17)8-10-6-5-7-12(23-3)13(10)24-4/h5-8H,1-4H3,(H2,18,19,20,21). The van der Waals surface area contributed by atoms with Gasteiger partial charge >= 0.3 is 0 Å². The molecule has 1 aromatic heterocycles. The number of hydrogen-bond acceptors (Lipinski definition) is 8. The van der Waals surface area contributed by atoms with Crippen LogP contribution in [-0.2, 0) is 0 Å². The van der Waals surface area contributed by atoms with E-state index in [9.17, 15) is 5.26 Å². The van der Waals surface area contributed by atoms with Crippen molar-refractivity contribution in [1.29, 1.82) is 5.26 Å². The van der Waals surface area contributed by atoms with E-state index >= 15 is 0 Å². The summed E-state index contributed by atoms with van der Waals surface area (Å²) in [5, 5.41) is 9.51. The first kappa shape index (κ1) is 17.0. The monoisotopic (exact) mass is 326 g/mol. The van der Waals surface area contributed by atoms with E-state index < -0.39 is 0 Å². The van der Waals surface area contributed by atoms with Gasteiger partial charge in [-0.3, -0.25) is 0 Å². The van der Waals surface area contributed by atoms with Crippen LogP contribution in [0.15, 0.2) is 18.2 Å². The van der Waals surface area contributed by atoms with Crippen LogP contribution in [0.3, 0.4) is 0 Å². The van der Waals surface area contributed by atoms with Crippen LogP contribution in [0.5, 0.6) is 11.5 Å². The van der Waals surface area contributed by atoms with Gasteiger partial charge in [0.15, 0.2) is 17.3 Å². The summed E-state index contributed by atoms with van der Waals surface area (Å²) in [6.07, 6.45) is 1.62. The molecule has 2 N–H and O–H groups in total. The number of nitriles is 1. The molecule has 0 saturated heterocycles. The molecule has 0 bridgehead atoms. The van der Waals surface area contributed by atoms with E-state index in [0.29, 0.717) is 23.0 Å². The van der Waals surface area contributed by atoms with Crippen molar-refractivity contribution in [2.75, 3.05) is 38.9 Å². The van der Waals surface area contributed by atoms with E-state index in [4.69, 9.17) is 15.2 Å². The maximum atomic E-state index is 9.51. The number of hydrogen-bond donors (Lipinski definition) is 1. The van der Waals surface area contributed by atoms with Gasteiger partial charge in [0, 0.05) is 19.7 Å². The molecule has 0 aliphatic rings. The quantitative estimate of drug-likeness (QED) is 0.825. The Morgan fingerprint density at radius 3 is 2.54 bits per heavy atom. The van der Waals surface area contributed by atoms with Gasteiger partial charge in [0.05, 0.1) is 19.8 Å². The SMILES string of the molecule is COc1cccc(C=C(C#N)c2nc(N)nc(N(C)C)n2)c1OC. The highest BCUT2D eigenvalue weighted by atomic mass is 16.5. The maximum absolute atomic E-state index is 9.51. The third-order valence-electron chi connectivity index (χ3n) is 3.14. The Labute approximate surface area is 140 Å². The zero-order valence-corrected chi connectivity index (χ0v) is 13.9. The van der Waals surface area contributed by atoms with Gasteiger partial charge < -0.3 is 20.1 Å². The zero-order chi connectivity index (χ0) is 17.7. The molecule has 124 valence electrons. The molecule has 24 heavy (non-hydrogen) atoms. The molecular weight excluding hydrogens is 308 g/mol. The average Bonchev–Trinajstić information content (AvgIpc) is 2.58. The Kier molecular flexibility index (Phi) is 5.16. The first-order chi connectivity index (χ1) is 11.5. The molecule has 0 aliphatic carbocycles. The van der Waals surface area contributed by atoms with Gasteiger partial charge in [-0.1, -0.05) is 12.1 Å². The summed E-state index contributed by atoms with van der Waals surface area (Å²) >= 11 is 0. The molecule has 0 radical (unpaired) electrons. The van der Waals surface area contributed by atoms with Crippen molar-refractivity contribution in [2.24, 2.45) is 0 Å². The first-order valence-corrected chi connectivity index (χ1v) is 7.02. The van der Waals surface area contributed by atoms with Gasteiger partial charge in [0.25, 0.3) is 0 Å². The largest absolute Gasteiger partial charge is 0.493 e. The zero-order valence-electron chi connectivity index (χ0n) is 13.9. The number of para-hydroxylation sites is 1. The third-order valence-corrected chi connectivity index (χ3v) is 3.14. The number of anilines is 2. The van der Waals surface area contributed by atoms with Crippen molar-refractivity contribution in [3.63, 3.8) is 0 Å². The molecule has 2 aromatic rings. The molecule has 8 nitrogen and oxygen atoms in total. The Morgan fingerprint density at radius 2 is 1.96 bits per heavy atom. The van der Waals surface area contributed by atoms with Gasteiger partial charge in [0.2, 0.25) is 11.9 Å². The van der Waals surface area contributed by atoms with E-state index in [2.05, 4.69) is 21.0 Å². The fourth-order valence-electron chi connectivity index (χ4n) is 2.03. The highest BCUT2D eigenvalue weighted by molar-refractivity contribution is 5.89. The third kappa shape index (κ3) is 3.52. The number of nitrogens with two attached hydrogens (primary N) is 1. The number of rotatable bonds is 5. The molecule has 0 unspecified atom stereocenters. The molecule has 2 rings (SSSR count). The van der Waals surface area contributed by atoms with Crippen LogP contribution in [0.25, 0.3) is 11.6 Å². The lowest BCUT2D eigenvalue weighted by Gasteiger charge is -2.12. The predicted molar refractivity (Wildman–Crippen MR) is 91.6 cm³/mol. The van der Waals surface area contributed by atoms with Crippen molar-refractivity contribution < 1.29 is 9.47 Å². The van der Waals surface area contributed by atoms with Crippen molar-refractivity contribution >= 4 is 23.5 Å². The van der Waals surface area contributed by atoms with Gasteiger partial charge in [-0.15, -0.1) is 0 Å². The van der Waals surface area contributed by atoms with Crippen LogP contribution in [0.2, 0.25) is 0 Å². The van der Waals surface area contributed by atoms with Crippen LogP contribution in [0.4, 0.5) is 11.9 Å². The highest BCUT2D eigenvalue weighted by Gasteiger charge is 2.13. The molecule has 0 spiro atoms. The molecule has 0 fully saturated rings. The van der Waals surface area contributed by atoms with Crippen LogP contribution in [-0.4, -0.2) is 43.3 Å². The van der Waals surface area contributed by atoms with Crippen LogP contribution >= 0.6 is 0 Å². The number of nitrogen functional groups attached to an aromatic ring is 1. The number of allylic oxidation sites excluding steroid dienone is 1. The summed E-state index contributed by atoms with van der Waals surface area (Å²) in [6.45, 7) is 0. The van der Waals surface area contributed by atoms with Gasteiger partial charge in [-0.2, -0.15) is 20.2 Å². The second-order valence-electron chi connectivity index (χ2n) is 4.96. The lowest BCUT2D eigenvalue weighted by Crippen LogP contribution is -2.15. The van der Waals surface area contributed by atoms with E-state index in [-0.39, 0.29) is 17.3 Å². The molecule has 0 aliphatic heterocycles. The molecule has 1 heterocycles. The summed E-state index contributed by atoms with van der Waals surface area (Å²) in [5.74, 6) is 1.69. The van der Waals surface area contributed by atoms with E-state index in [0.717, 1.165) is 0 Å². The van der Waals surface area contributed by atoms with Gasteiger partial charge in [0.1, 0.15) is 6.07 Å². The van der Waals surface area contributed by atoms with Crippen LogP contribution in [0.1, 0.15) is 11.4 Å². The number of ether oxygens (including phenoxy) is 2. The van der Waals surface area contributed by atoms with Crippen molar-refractivity contribution in [2.45, 2.75) is 0 Å². The Hall–Kier alpha value is -3.34. The molecule has 0 amide bonds. The Balaban J connectivity index is 2.58. The van der Waals surface area contributed by atoms with E-state index in [1.807, 2.05) is 0 Å². The normalized spacial score (nSPS) is 10.9. The Bertz CT molecular complexity index is 811. The van der Waals surface area contributed by atoms with Crippen molar-refractivity contribution in [3.8, 4) is 17.6 Å². The maximum Gasteiger partial charge on any atom is 0.230 e. The molecule has 1 aromatic carbocycles. The fraction of sp³-hybridized carbons (Fsp3) is 0.250. The molecule has 8 heteroatoms. The van der Waals surface area contributed by atoms with E-state index in [1.54, 1.807) is 50.4 Å². The second kappa shape index (κ2) is 7.28. The average molecular weight is 326 g/mol. The lowest BCUT2D eigenvalue weighted by atomic mass is 10.1. The smallest absolute Gasteiger partial charge is 0.230 e. The van der Waals surface area contributed by atoms with Crippen molar-refractivity contribution in [1.82, 2.24) is 15.0 Å². The summed E-state index contributed by atoms with van der Waals surface area (Å²) in [6, 6.07) is 7.46. The molecular formula is C16H18N6O2. The van der Waals surface area contributed by atoms with Crippen LogP contribution in [0, 0.1) is 11.3 Å². The van der Waals surface area contributed by atoms with Gasteiger partial charge in [-0.05, 0) is 12.1 Å². The predicted octanol–water partition coefficient (Wildman–Crippen LogP) is 1.60. The minimum Gasteiger partial charge on any atom is -0.493 e. The number of methoxy groups -OCH3 is 2. The lowest BCUT2D eigenvalue weighted by molar-refractivity contribution is 0.354. The fourth-order valence-corrected chi connectivity index (χ4v) is 2.03. The molecule has 0 saturated carbocycles.